The van der Waals surface area contributed by atoms with E-state index < -0.39 is 0 Å². The molecule has 1 saturated heterocycles. The van der Waals surface area contributed by atoms with Crippen molar-refractivity contribution in [2.45, 2.75) is 25.4 Å². The highest BCUT2D eigenvalue weighted by atomic mass is 19.1. The van der Waals surface area contributed by atoms with E-state index in [9.17, 15) is 9.18 Å². The van der Waals surface area contributed by atoms with Crippen molar-refractivity contribution >= 4 is 11.6 Å². The van der Waals surface area contributed by atoms with Crippen LogP contribution in [-0.4, -0.2) is 38.2 Å². The normalized spacial score (nSPS) is 17.0. The van der Waals surface area contributed by atoms with Crippen LogP contribution in [0.15, 0.2) is 54.9 Å². The fraction of sp³-hybridized carbons (Fsp3) is 0.286. The third-order valence-corrected chi connectivity index (χ3v) is 5.06. The molecule has 0 aliphatic carbocycles. The molecule has 2 aromatic carbocycles. The molecule has 6 nitrogen and oxygen atoms in total. The molecule has 2 heterocycles. The highest BCUT2D eigenvalue weighted by Gasteiger charge is 2.30. The van der Waals surface area contributed by atoms with Crippen molar-refractivity contribution in [3.8, 4) is 11.4 Å². The molecule has 1 aliphatic heterocycles. The lowest BCUT2D eigenvalue weighted by atomic mass is 10.1. The summed E-state index contributed by atoms with van der Waals surface area (Å²) in [5.74, 6) is 0.479. The topological polar surface area (TPSA) is 63.1 Å². The summed E-state index contributed by atoms with van der Waals surface area (Å²) in [5, 5.41) is 11.0. The third-order valence-electron chi connectivity index (χ3n) is 5.06. The first-order valence-electron chi connectivity index (χ1n) is 9.34. The number of likely N-dealkylation sites (tertiary alicyclic amines) is 1. The highest BCUT2D eigenvalue weighted by Crippen LogP contribution is 2.24. The summed E-state index contributed by atoms with van der Waals surface area (Å²) < 4.78 is 15.0. The quantitative estimate of drug-likeness (QED) is 0.739. The highest BCUT2D eigenvalue weighted by molar-refractivity contribution is 5.95. The Hall–Kier alpha value is -3.06. The van der Waals surface area contributed by atoms with Crippen LogP contribution in [0.2, 0.25) is 0 Å². The predicted molar refractivity (Wildman–Crippen MR) is 105 cm³/mol. The SMILES string of the molecule is Cn1cnnc1-c1cccc(NC(=O)[C@@H]2CCCN2Cc2ccc(F)cc2)c1. The summed E-state index contributed by atoms with van der Waals surface area (Å²) in [6.45, 7) is 1.49. The van der Waals surface area contributed by atoms with Crippen molar-refractivity contribution in [3.05, 3.63) is 66.2 Å². The van der Waals surface area contributed by atoms with Crippen LogP contribution in [0.1, 0.15) is 18.4 Å². The monoisotopic (exact) mass is 379 g/mol. The lowest BCUT2D eigenvalue weighted by Gasteiger charge is -2.23. The molecule has 0 unspecified atom stereocenters. The zero-order valence-electron chi connectivity index (χ0n) is 15.7. The summed E-state index contributed by atoms with van der Waals surface area (Å²) in [7, 11) is 1.88. The zero-order chi connectivity index (χ0) is 19.5. The van der Waals surface area contributed by atoms with Gasteiger partial charge in [-0.15, -0.1) is 10.2 Å². The van der Waals surface area contributed by atoms with Gasteiger partial charge in [-0.25, -0.2) is 4.39 Å². The number of anilines is 1. The zero-order valence-corrected chi connectivity index (χ0v) is 15.7. The Labute approximate surface area is 163 Å². The Kier molecular flexibility index (Phi) is 5.16. The fourth-order valence-corrected chi connectivity index (χ4v) is 3.64. The summed E-state index contributed by atoms with van der Waals surface area (Å²) in [4.78, 5) is 15.0. The van der Waals surface area contributed by atoms with Gasteiger partial charge in [0.2, 0.25) is 5.91 Å². The number of nitrogens with one attached hydrogen (secondary N) is 1. The smallest absolute Gasteiger partial charge is 0.241 e. The largest absolute Gasteiger partial charge is 0.325 e. The number of benzene rings is 2. The lowest BCUT2D eigenvalue weighted by Crippen LogP contribution is -2.39. The molecular formula is C21H22FN5O. The van der Waals surface area contributed by atoms with E-state index >= 15 is 0 Å². The van der Waals surface area contributed by atoms with Crippen LogP contribution in [0.4, 0.5) is 10.1 Å². The van der Waals surface area contributed by atoms with Gasteiger partial charge in [-0.2, -0.15) is 0 Å². The van der Waals surface area contributed by atoms with E-state index in [0.29, 0.717) is 6.54 Å². The van der Waals surface area contributed by atoms with Gasteiger partial charge in [0.15, 0.2) is 5.82 Å². The first kappa shape index (κ1) is 18.3. The second kappa shape index (κ2) is 7.90. The minimum absolute atomic E-state index is 0.0188. The maximum absolute atomic E-state index is 13.1. The second-order valence-corrected chi connectivity index (χ2v) is 7.09. The van der Waals surface area contributed by atoms with Gasteiger partial charge in [0.25, 0.3) is 0 Å². The van der Waals surface area contributed by atoms with E-state index in [0.717, 1.165) is 42.0 Å². The van der Waals surface area contributed by atoms with Crippen molar-refractivity contribution in [2.24, 2.45) is 7.05 Å². The van der Waals surface area contributed by atoms with Crippen LogP contribution in [0.5, 0.6) is 0 Å². The number of rotatable bonds is 5. The van der Waals surface area contributed by atoms with Gasteiger partial charge < -0.3 is 9.88 Å². The molecular weight excluding hydrogens is 357 g/mol. The minimum atomic E-state index is -0.248. The van der Waals surface area contributed by atoms with Crippen LogP contribution in [0.3, 0.4) is 0 Å². The molecule has 1 aromatic heterocycles. The molecule has 144 valence electrons. The maximum atomic E-state index is 13.1. The average Bonchev–Trinajstić information content (AvgIpc) is 3.33. The molecule has 1 atom stereocenters. The summed E-state index contributed by atoms with van der Waals surface area (Å²) in [6, 6.07) is 13.9. The molecule has 0 spiro atoms. The van der Waals surface area contributed by atoms with Gasteiger partial charge in [0.05, 0.1) is 6.04 Å². The molecule has 28 heavy (non-hydrogen) atoms. The summed E-state index contributed by atoms with van der Waals surface area (Å²) in [6.07, 6.45) is 3.43. The molecule has 0 bridgehead atoms. The number of carbonyl (C=O) groups is 1. The van der Waals surface area contributed by atoms with Crippen LogP contribution in [0, 0.1) is 5.82 Å². The maximum Gasteiger partial charge on any atom is 0.241 e. The molecule has 0 radical (unpaired) electrons. The van der Waals surface area contributed by atoms with E-state index in [1.165, 1.54) is 12.1 Å². The van der Waals surface area contributed by atoms with E-state index in [-0.39, 0.29) is 17.8 Å². The van der Waals surface area contributed by atoms with Crippen LogP contribution >= 0.6 is 0 Å². The standard InChI is InChI=1S/C21H22FN5O/c1-26-14-23-25-20(26)16-4-2-5-18(12-16)24-21(28)19-6-3-11-27(19)13-15-7-9-17(22)10-8-15/h2,4-5,7-10,12,14,19H,3,6,11,13H2,1H3,(H,24,28)/t19-/m0/s1. The van der Waals surface area contributed by atoms with Gasteiger partial charge in [-0.3, -0.25) is 9.69 Å². The minimum Gasteiger partial charge on any atom is -0.325 e. The molecule has 1 amide bonds. The van der Waals surface area contributed by atoms with E-state index in [1.807, 2.05) is 35.9 Å². The van der Waals surface area contributed by atoms with Crippen molar-refractivity contribution in [1.29, 1.82) is 0 Å². The van der Waals surface area contributed by atoms with Gasteiger partial charge in [-0.1, -0.05) is 24.3 Å². The number of aryl methyl sites for hydroxylation is 1. The van der Waals surface area contributed by atoms with E-state index in [1.54, 1.807) is 18.5 Å². The van der Waals surface area contributed by atoms with Crippen molar-refractivity contribution < 1.29 is 9.18 Å². The van der Waals surface area contributed by atoms with Crippen molar-refractivity contribution in [1.82, 2.24) is 19.7 Å². The molecule has 1 aliphatic rings. The van der Waals surface area contributed by atoms with Gasteiger partial charge >= 0.3 is 0 Å². The van der Waals surface area contributed by atoms with Gasteiger partial charge in [0, 0.05) is 24.8 Å². The van der Waals surface area contributed by atoms with Crippen LogP contribution < -0.4 is 5.32 Å². The van der Waals surface area contributed by atoms with Gasteiger partial charge in [-0.05, 0) is 49.2 Å². The Morgan fingerprint density at radius 2 is 2.07 bits per heavy atom. The Morgan fingerprint density at radius 1 is 1.25 bits per heavy atom. The molecule has 0 saturated carbocycles. The van der Waals surface area contributed by atoms with E-state index in [2.05, 4.69) is 20.4 Å². The molecule has 4 rings (SSSR count). The number of amides is 1. The Bertz CT molecular complexity index is 969. The van der Waals surface area contributed by atoms with E-state index in [4.69, 9.17) is 0 Å². The average molecular weight is 379 g/mol. The third kappa shape index (κ3) is 3.94. The van der Waals surface area contributed by atoms with Crippen LogP contribution in [0.25, 0.3) is 11.4 Å². The Morgan fingerprint density at radius 3 is 2.82 bits per heavy atom. The molecule has 1 fully saturated rings. The second-order valence-electron chi connectivity index (χ2n) is 7.09. The van der Waals surface area contributed by atoms with Gasteiger partial charge in [0.1, 0.15) is 12.1 Å². The van der Waals surface area contributed by atoms with Crippen LogP contribution in [-0.2, 0) is 18.4 Å². The van der Waals surface area contributed by atoms with Crippen molar-refractivity contribution in [2.75, 3.05) is 11.9 Å². The molecule has 3 aromatic rings. The Balaban J connectivity index is 1.45. The number of nitrogens with zero attached hydrogens (tertiary/aromatic N) is 4. The predicted octanol–water partition coefficient (Wildman–Crippen LogP) is 3.22. The number of carbonyl (C=O) groups excluding carboxylic acids is 1. The number of hydrogen-bond acceptors (Lipinski definition) is 4. The van der Waals surface area contributed by atoms with Crippen molar-refractivity contribution in [3.63, 3.8) is 0 Å². The summed E-state index contributed by atoms with van der Waals surface area (Å²) >= 11 is 0. The summed E-state index contributed by atoms with van der Waals surface area (Å²) in [5.41, 5.74) is 2.64. The fourth-order valence-electron chi connectivity index (χ4n) is 3.64. The lowest BCUT2D eigenvalue weighted by molar-refractivity contribution is -0.120. The molecule has 1 N–H and O–H groups in total. The first-order valence-corrected chi connectivity index (χ1v) is 9.34. The number of halogens is 1. The number of hydrogen-bond donors (Lipinski definition) is 1. The first-order chi connectivity index (χ1) is 13.6. The molecule has 7 heteroatoms. The number of aromatic nitrogens is 3.